The number of methoxy groups -OCH3 is 2. The third-order valence-electron chi connectivity index (χ3n) is 5.54. The van der Waals surface area contributed by atoms with Gasteiger partial charge < -0.3 is 29.8 Å². The Morgan fingerprint density at radius 1 is 1.13 bits per heavy atom. The molecule has 2 heterocycles. The summed E-state index contributed by atoms with van der Waals surface area (Å²) >= 11 is 0. The molecule has 1 aliphatic rings. The molecular formula is C23H27N3O4. The number of aromatic amines is 1. The van der Waals surface area contributed by atoms with Gasteiger partial charge in [0.15, 0.2) is 11.5 Å². The average molecular weight is 409 g/mol. The number of hydrogen-bond acceptors (Lipinski definition) is 6. The molecule has 30 heavy (non-hydrogen) atoms. The first-order chi connectivity index (χ1) is 14.6. The van der Waals surface area contributed by atoms with Gasteiger partial charge in [0.2, 0.25) is 0 Å². The molecule has 1 atom stereocenters. The van der Waals surface area contributed by atoms with Gasteiger partial charge in [-0.1, -0.05) is 0 Å². The van der Waals surface area contributed by atoms with Gasteiger partial charge in [-0.3, -0.25) is 4.79 Å². The topological polar surface area (TPSA) is 86.8 Å². The van der Waals surface area contributed by atoms with Crippen molar-refractivity contribution in [3.63, 3.8) is 0 Å². The van der Waals surface area contributed by atoms with Crippen LogP contribution >= 0.6 is 0 Å². The second kappa shape index (κ2) is 8.67. The summed E-state index contributed by atoms with van der Waals surface area (Å²) in [6.07, 6.45) is 1.62. The summed E-state index contributed by atoms with van der Waals surface area (Å²) in [5, 5.41) is 14.1. The van der Waals surface area contributed by atoms with Crippen molar-refractivity contribution < 1.29 is 14.6 Å². The molecule has 3 aromatic rings. The van der Waals surface area contributed by atoms with Crippen LogP contribution in [0.4, 0.5) is 11.4 Å². The highest BCUT2D eigenvalue weighted by molar-refractivity contribution is 5.83. The molecule has 0 bridgehead atoms. The van der Waals surface area contributed by atoms with Gasteiger partial charge >= 0.3 is 0 Å². The van der Waals surface area contributed by atoms with E-state index in [1.54, 1.807) is 20.3 Å². The molecule has 0 saturated carbocycles. The van der Waals surface area contributed by atoms with E-state index in [0.29, 0.717) is 35.7 Å². The van der Waals surface area contributed by atoms with E-state index in [0.717, 1.165) is 36.1 Å². The molecule has 1 aromatic heterocycles. The van der Waals surface area contributed by atoms with Crippen molar-refractivity contribution in [3.8, 4) is 11.5 Å². The molecule has 0 spiro atoms. The zero-order valence-electron chi connectivity index (χ0n) is 17.3. The van der Waals surface area contributed by atoms with E-state index in [-0.39, 0.29) is 11.7 Å². The first-order valence-electron chi connectivity index (χ1n) is 10.1. The zero-order valence-corrected chi connectivity index (χ0v) is 17.3. The fourth-order valence-corrected chi connectivity index (χ4v) is 3.89. The lowest BCUT2D eigenvalue weighted by Gasteiger charge is -2.32. The maximum absolute atomic E-state index is 12.5. The highest BCUT2D eigenvalue weighted by atomic mass is 16.5. The number of aliphatic hydroxyl groups excluding tert-OH is 1. The summed E-state index contributed by atoms with van der Waals surface area (Å²) in [6, 6.07) is 13.6. The third-order valence-corrected chi connectivity index (χ3v) is 5.54. The fraction of sp³-hybridized carbons (Fsp3) is 0.348. The van der Waals surface area contributed by atoms with E-state index in [1.165, 1.54) is 0 Å². The molecule has 7 heteroatoms. The number of rotatable bonds is 6. The first kappa shape index (κ1) is 20.1. The molecule has 0 radical (unpaired) electrons. The van der Waals surface area contributed by atoms with Gasteiger partial charge in [-0.2, -0.15) is 0 Å². The minimum Gasteiger partial charge on any atom is -0.493 e. The number of pyridine rings is 1. The molecule has 158 valence electrons. The Bertz CT molecular complexity index is 1080. The lowest BCUT2D eigenvalue weighted by atomic mass is 10.1. The Hall–Kier alpha value is -3.19. The number of nitrogens with zero attached hydrogens (tertiary/aromatic N) is 1. The number of hydrogen-bond donors (Lipinski definition) is 3. The van der Waals surface area contributed by atoms with Crippen LogP contribution < -0.4 is 25.2 Å². The molecule has 0 aliphatic carbocycles. The van der Waals surface area contributed by atoms with E-state index in [1.807, 2.05) is 36.4 Å². The summed E-state index contributed by atoms with van der Waals surface area (Å²) in [4.78, 5) is 17.6. The van der Waals surface area contributed by atoms with E-state index >= 15 is 0 Å². The Kier molecular flexibility index (Phi) is 5.81. The second-order valence-electron chi connectivity index (χ2n) is 7.56. The molecule has 7 nitrogen and oxygen atoms in total. The van der Waals surface area contributed by atoms with E-state index in [4.69, 9.17) is 9.47 Å². The summed E-state index contributed by atoms with van der Waals surface area (Å²) in [6.45, 7) is 2.04. The van der Waals surface area contributed by atoms with Crippen molar-refractivity contribution >= 4 is 22.3 Å². The van der Waals surface area contributed by atoms with E-state index in [9.17, 15) is 9.90 Å². The van der Waals surface area contributed by atoms with Crippen LogP contribution in [0.15, 0.2) is 47.3 Å². The Labute approximate surface area is 175 Å². The second-order valence-corrected chi connectivity index (χ2v) is 7.56. The van der Waals surface area contributed by atoms with Crippen LogP contribution in [0.3, 0.4) is 0 Å². The van der Waals surface area contributed by atoms with Gasteiger partial charge in [0.1, 0.15) is 0 Å². The first-order valence-corrected chi connectivity index (χ1v) is 10.1. The lowest BCUT2D eigenvalue weighted by molar-refractivity contribution is 0.154. The zero-order chi connectivity index (χ0) is 21.1. The van der Waals surface area contributed by atoms with Crippen molar-refractivity contribution in [1.29, 1.82) is 0 Å². The quantitative estimate of drug-likeness (QED) is 0.580. The van der Waals surface area contributed by atoms with Gasteiger partial charge in [0, 0.05) is 48.0 Å². The Morgan fingerprint density at radius 2 is 1.87 bits per heavy atom. The maximum Gasteiger partial charge on any atom is 0.253 e. The number of aromatic nitrogens is 1. The number of nitrogens with one attached hydrogen (secondary N) is 2. The highest BCUT2D eigenvalue weighted by Crippen LogP contribution is 2.31. The molecule has 1 fully saturated rings. The molecule has 2 aromatic carbocycles. The van der Waals surface area contributed by atoms with Gasteiger partial charge in [0.05, 0.1) is 25.8 Å². The monoisotopic (exact) mass is 409 g/mol. The summed E-state index contributed by atoms with van der Waals surface area (Å²) in [5.41, 5.74) is 3.24. The fourth-order valence-electron chi connectivity index (χ4n) is 3.89. The molecule has 1 aliphatic heterocycles. The molecule has 1 saturated heterocycles. The SMILES string of the molecule is COc1cc2cc(CNc3ccc(N4CCC[C@H](O)C4)cc3)c(=O)[nH]c2cc1OC. The molecule has 3 N–H and O–H groups in total. The smallest absolute Gasteiger partial charge is 0.253 e. The number of fused-ring (bicyclic) bond motifs is 1. The Balaban J connectivity index is 1.49. The van der Waals surface area contributed by atoms with Crippen LogP contribution in [0.25, 0.3) is 10.9 Å². The van der Waals surface area contributed by atoms with Gasteiger partial charge in [-0.25, -0.2) is 0 Å². The molecular weight excluding hydrogens is 382 g/mol. The standard InChI is InChI=1S/C23H27N3O4/c1-29-21-11-15-10-16(23(28)25-20(15)12-22(21)30-2)13-24-17-5-7-18(8-6-17)26-9-3-4-19(27)14-26/h5-8,10-12,19,24,27H,3-4,9,13-14H2,1-2H3,(H,25,28)/t19-/m0/s1. The van der Waals surface area contributed by atoms with Crippen LogP contribution in [0.2, 0.25) is 0 Å². The molecule has 4 rings (SSSR count). The predicted molar refractivity (Wildman–Crippen MR) is 119 cm³/mol. The number of ether oxygens (including phenoxy) is 2. The van der Waals surface area contributed by atoms with Crippen LogP contribution in [-0.2, 0) is 6.54 Å². The number of benzene rings is 2. The van der Waals surface area contributed by atoms with Gasteiger partial charge in [0.25, 0.3) is 5.56 Å². The number of H-pyrrole nitrogens is 1. The third kappa shape index (κ3) is 4.21. The average Bonchev–Trinajstić information content (AvgIpc) is 2.77. The maximum atomic E-state index is 12.5. The minimum atomic E-state index is -0.255. The van der Waals surface area contributed by atoms with E-state index in [2.05, 4.69) is 15.2 Å². The van der Waals surface area contributed by atoms with Gasteiger partial charge in [-0.15, -0.1) is 0 Å². The summed E-state index contributed by atoms with van der Waals surface area (Å²) in [7, 11) is 3.16. The van der Waals surface area contributed by atoms with Crippen LogP contribution in [-0.4, -0.2) is 43.5 Å². The summed E-state index contributed by atoms with van der Waals surface area (Å²) in [5.74, 6) is 1.20. The minimum absolute atomic E-state index is 0.138. The van der Waals surface area contributed by atoms with E-state index < -0.39 is 0 Å². The van der Waals surface area contributed by atoms with Crippen molar-refractivity contribution in [2.45, 2.75) is 25.5 Å². The van der Waals surface area contributed by atoms with Gasteiger partial charge in [-0.05, 0) is 49.2 Å². The van der Waals surface area contributed by atoms with Crippen molar-refractivity contribution in [1.82, 2.24) is 4.98 Å². The van der Waals surface area contributed by atoms with Crippen molar-refractivity contribution in [2.24, 2.45) is 0 Å². The van der Waals surface area contributed by atoms with Crippen molar-refractivity contribution in [2.75, 3.05) is 37.5 Å². The lowest BCUT2D eigenvalue weighted by Crippen LogP contribution is -2.38. The van der Waals surface area contributed by atoms with Crippen LogP contribution in [0.1, 0.15) is 18.4 Å². The Morgan fingerprint density at radius 3 is 2.57 bits per heavy atom. The highest BCUT2D eigenvalue weighted by Gasteiger charge is 2.17. The van der Waals surface area contributed by atoms with Crippen molar-refractivity contribution in [3.05, 3.63) is 58.4 Å². The van der Waals surface area contributed by atoms with Crippen LogP contribution in [0.5, 0.6) is 11.5 Å². The van der Waals surface area contributed by atoms with Crippen LogP contribution in [0, 0.1) is 0 Å². The predicted octanol–water partition coefficient (Wildman–Crippen LogP) is 3.12. The molecule has 0 amide bonds. The largest absolute Gasteiger partial charge is 0.493 e. The number of anilines is 2. The number of piperidine rings is 1. The molecule has 0 unspecified atom stereocenters. The number of aliphatic hydroxyl groups is 1. The normalized spacial score (nSPS) is 16.5. The summed E-state index contributed by atoms with van der Waals surface area (Å²) < 4.78 is 10.7. The number of β-amino-alcohol motifs (C(OH)–C–C–N with tert-alkyl or cyclic N) is 1.